The second-order valence-corrected chi connectivity index (χ2v) is 7.65. The van der Waals surface area contributed by atoms with Gasteiger partial charge in [0.2, 0.25) is 11.8 Å². The minimum absolute atomic E-state index is 0.0356. The molecule has 0 saturated carbocycles. The first-order valence-electron chi connectivity index (χ1n) is 8.06. The Morgan fingerprint density at radius 1 is 1.21 bits per heavy atom. The fourth-order valence-corrected chi connectivity index (χ4v) is 4.78. The smallest absolute Gasteiger partial charge is 0.239 e. The van der Waals surface area contributed by atoms with Gasteiger partial charge in [0.05, 0.1) is 19.1 Å². The molecule has 0 aromatic carbocycles. The molecule has 0 fully saturated rings. The monoisotopic (exact) mass is 363 g/mol. The van der Waals surface area contributed by atoms with Crippen LogP contribution in [0.3, 0.4) is 0 Å². The van der Waals surface area contributed by atoms with E-state index in [9.17, 15) is 9.59 Å². The fourth-order valence-electron chi connectivity index (χ4n) is 3.00. The highest BCUT2D eigenvalue weighted by Gasteiger charge is 2.31. The molecule has 128 valence electrons. The number of thiophene rings is 2. The molecule has 2 aromatic heterocycles. The number of nitrogens with zero attached hydrogens (tertiary/aromatic N) is 1. The van der Waals surface area contributed by atoms with Crippen molar-refractivity contribution in [2.45, 2.75) is 19.4 Å². The average Bonchev–Trinajstić information content (AvgIpc) is 3.24. The van der Waals surface area contributed by atoms with Gasteiger partial charge >= 0.3 is 0 Å². The summed E-state index contributed by atoms with van der Waals surface area (Å²) < 4.78 is 0. The predicted octanol–water partition coefficient (Wildman–Crippen LogP) is 2.01. The van der Waals surface area contributed by atoms with Gasteiger partial charge in [0.1, 0.15) is 0 Å². The molecule has 24 heavy (non-hydrogen) atoms. The number of likely N-dealkylation sites (N-methyl/N-ethyl adjacent to an activating group) is 1. The van der Waals surface area contributed by atoms with Crippen molar-refractivity contribution in [3.05, 3.63) is 44.3 Å². The van der Waals surface area contributed by atoms with Gasteiger partial charge in [0, 0.05) is 22.8 Å². The third-order valence-corrected chi connectivity index (χ3v) is 5.97. The maximum Gasteiger partial charge on any atom is 0.239 e. The van der Waals surface area contributed by atoms with Crippen molar-refractivity contribution in [3.63, 3.8) is 0 Å². The Morgan fingerprint density at radius 3 is 2.83 bits per heavy atom. The molecular weight excluding hydrogens is 342 g/mol. The molecule has 5 nitrogen and oxygen atoms in total. The van der Waals surface area contributed by atoms with Gasteiger partial charge in [-0.2, -0.15) is 0 Å². The zero-order valence-electron chi connectivity index (χ0n) is 13.6. The molecule has 7 heteroatoms. The molecule has 1 aliphatic heterocycles. The third-order valence-electron chi connectivity index (χ3n) is 4.05. The van der Waals surface area contributed by atoms with Crippen LogP contribution in [0.25, 0.3) is 0 Å². The minimum Gasteiger partial charge on any atom is -0.355 e. The maximum absolute atomic E-state index is 12.3. The van der Waals surface area contributed by atoms with Crippen molar-refractivity contribution in [1.29, 1.82) is 0 Å². The highest BCUT2D eigenvalue weighted by atomic mass is 32.1. The predicted molar refractivity (Wildman–Crippen MR) is 97.5 cm³/mol. The Balaban J connectivity index is 1.68. The van der Waals surface area contributed by atoms with Gasteiger partial charge in [-0.3, -0.25) is 14.5 Å². The summed E-state index contributed by atoms with van der Waals surface area (Å²) in [5.74, 6) is -0.263. The summed E-state index contributed by atoms with van der Waals surface area (Å²) in [4.78, 5) is 28.6. The first-order chi connectivity index (χ1) is 11.7. The van der Waals surface area contributed by atoms with Crippen molar-refractivity contribution < 1.29 is 9.59 Å². The zero-order valence-corrected chi connectivity index (χ0v) is 15.2. The lowest BCUT2D eigenvalue weighted by atomic mass is 9.98. The molecule has 0 spiro atoms. The number of carbonyl (C=O) groups is 2. The highest BCUT2D eigenvalue weighted by molar-refractivity contribution is 7.10. The molecule has 3 rings (SSSR count). The molecular formula is C17H21N3O2S2. The number of amides is 2. The molecule has 0 radical (unpaired) electrons. The van der Waals surface area contributed by atoms with Crippen molar-refractivity contribution in [2.75, 3.05) is 26.2 Å². The molecule has 2 aromatic rings. The normalized spacial score (nSPS) is 17.3. The second-order valence-electron chi connectivity index (χ2n) is 5.67. The lowest BCUT2D eigenvalue weighted by Gasteiger charge is -2.34. The van der Waals surface area contributed by atoms with Crippen LogP contribution in [-0.2, 0) is 16.0 Å². The van der Waals surface area contributed by atoms with Crippen LogP contribution in [0.4, 0.5) is 0 Å². The molecule has 0 unspecified atom stereocenters. The summed E-state index contributed by atoms with van der Waals surface area (Å²) >= 11 is 3.51. The molecule has 1 aliphatic rings. The van der Waals surface area contributed by atoms with E-state index in [-0.39, 0.29) is 24.4 Å². The van der Waals surface area contributed by atoms with Crippen molar-refractivity contribution >= 4 is 34.5 Å². The van der Waals surface area contributed by atoms with Gasteiger partial charge in [0.15, 0.2) is 0 Å². The largest absolute Gasteiger partial charge is 0.355 e. The SMILES string of the molecule is CCNC(=O)CNC(=O)CN1CCc2sccc2[C@@H]1c1cccs1. The van der Waals surface area contributed by atoms with Crippen molar-refractivity contribution in [2.24, 2.45) is 0 Å². The molecule has 1 atom stereocenters. The van der Waals surface area contributed by atoms with Gasteiger partial charge in [-0.15, -0.1) is 22.7 Å². The fraction of sp³-hybridized carbons (Fsp3) is 0.412. The average molecular weight is 364 g/mol. The summed E-state index contributed by atoms with van der Waals surface area (Å²) in [6.07, 6.45) is 0.971. The Hall–Kier alpha value is -1.70. The van der Waals surface area contributed by atoms with Crippen LogP contribution >= 0.6 is 22.7 Å². The summed E-state index contributed by atoms with van der Waals surface area (Å²) in [6, 6.07) is 6.48. The van der Waals surface area contributed by atoms with Gasteiger partial charge < -0.3 is 10.6 Å². The Morgan fingerprint density at radius 2 is 2.08 bits per heavy atom. The third kappa shape index (κ3) is 3.85. The van der Waals surface area contributed by atoms with E-state index in [2.05, 4.69) is 38.4 Å². The van der Waals surface area contributed by atoms with E-state index in [0.29, 0.717) is 13.1 Å². The first-order valence-corrected chi connectivity index (χ1v) is 9.82. The van der Waals surface area contributed by atoms with Gasteiger partial charge in [0.25, 0.3) is 0 Å². The van der Waals surface area contributed by atoms with E-state index in [1.165, 1.54) is 15.3 Å². The molecule has 0 bridgehead atoms. The molecule has 0 saturated heterocycles. The molecule has 0 aliphatic carbocycles. The molecule has 2 amide bonds. The first kappa shape index (κ1) is 17.1. The van der Waals surface area contributed by atoms with Crippen LogP contribution in [0, 0.1) is 0 Å². The topological polar surface area (TPSA) is 61.4 Å². The van der Waals surface area contributed by atoms with E-state index < -0.39 is 0 Å². The van der Waals surface area contributed by atoms with Crippen LogP contribution in [0.1, 0.15) is 28.3 Å². The summed E-state index contributed by atoms with van der Waals surface area (Å²) in [5, 5.41) is 9.59. The van der Waals surface area contributed by atoms with Crippen LogP contribution in [0.15, 0.2) is 29.0 Å². The molecule has 3 heterocycles. The summed E-state index contributed by atoms with van der Waals surface area (Å²) in [6.45, 7) is 3.62. The number of rotatable bonds is 6. The van der Waals surface area contributed by atoms with Gasteiger partial charge in [-0.05, 0) is 41.8 Å². The van der Waals surface area contributed by atoms with Crippen LogP contribution in [0.2, 0.25) is 0 Å². The van der Waals surface area contributed by atoms with E-state index in [4.69, 9.17) is 0 Å². The Kier molecular flexibility index (Phi) is 5.65. The number of hydrogen-bond donors (Lipinski definition) is 2. The van der Waals surface area contributed by atoms with Gasteiger partial charge in [-0.1, -0.05) is 6.07 Å². The number of hydrogen-bond acceptors (Lipinski definition) is 5. The summed E-state index contributed by atoms with van der Waals surface area (Å²) in [7, 11) is 0. The lowest BCUT2D eigenvalue weighted by molar-refractivity contribution is -0.127. The van der Waals surface area contributed by atoms with Crippen molar-refractivity contribution in [1.82, 2.24) is 15.5 Å². The highest BCUT2D eigenvalue weighted by Crippen LogP contribution is 2.39. The van der Waals surface area contributed by atoms with E-state index in [0.717, 1.165) is 13.0 Å². The van der Waals surface area contributed by atoms with Crippen molar-refractivity contribution in [3.8, 4) is 0 Å². The Labute approximate surface area is 149 Å². The zero-order chi connectivity index (χ0) is 16.9. The molecule has 2 N–H and O–H groups in total. The number of fused-ring (bicyclic) bond motifs is 1. The standard InChI is InChI=1S/C17H21N3O2S2/c1-2-18-15(21)10-19-16(22)11-20-7-5-13-12(6-9-24-13)17(20)14-4-3-8-23-14/h3-4,6,8-9,17H,2,5,7,10-11H2,1H3,(H,18,21)(H,19,22)/t17-/m1/s1. The number of carbonyl (C=O) groups excluding carboxylic acids is 2. The Bertz CT molecular complexity index is 697. The lowest BCUT2D eigenvalue weighted by Crippen LogP contribution is -2.45. The van der Waals surface area contributed by atoms with Crippen LogP contribution in [-0.4, -0.2) is 42.9 Å². The quantitative estimate of drug-likeness (QED) is 0.825. The van der Waals surface area contributed by atoms with Gasteiger partial charge in [-0.25, -0.2) is 0 Å². The van der Waals surface area contributed by atoms with Crippen LogP contribution < -0.4 is 10.6 Å². The minimum atomic E-state index is -0.153. The van der Waals surface area contributed by atoms with Crippen LogP contribution in [0.5, 0.6) is 0 Å². The maximum atomic E-state index is 12.3. The summed E-state index contributed by atoms with van der Waals surface area (Å²) in [5.41, 5.74) is 1.31. The van der Waals surface area contributed by atoms with E-state index in [1.54, 1.807) is 22.7 Å². The van der Waals surface area contributed by atoms with E-state index in [1.807, 2.05) is 13.0 Å². The van der Waals surface area contributed by atoms with E-state index >= 15 is 0 Å². The second kappa shape index (κ2) is 7.92. The number of nitrogens with one attached hydrogen (secondary N) is 2.